The molecule has 0 aliphatic rings. The first-order chi connectivity index (χ1) is 10.8. The van der Waals surface area contributed by atoms with Crippen LogP contribution in [0.1, 0.15) is 29.2 Å². The molecule has 0 saturated carbocycles. The number of methoxy groups -OCH3 is 1. The average Bonchev–Trinajstić information content (AvgIpc) is 3.03. The van der Waals surface area contributed by atoms with Crippen molar-refractivity contribution in [3.8, 4) is 5.75 Å². The molecule has 1 aromatic heterocycles. The number of thiophene rings is 1. The van der Waals surface area contributed by atoms with Gasteiger partial charge in [0, 0.05) is 6.54 Å². The normalized spacial score (nSPS) is 13.0. The van der Waals surface area contributed by atoms with Crippen LogP contribution in [0.5, 0.6) is 5.75 Å². The molecular formula is C16H21NO4S2. The van der Waals surface area contributed by atoms with Crippen LogP contribution in [0.3, 0.4) is 0 Å². The number of aliphatic hydroxyl groups is 1. The Bertz CT molecular complexity index is 755. The Morgan fingerprint density at radius 2 is 2.00 bits per heavy atom. The number of nitrogens with one attached hydrogen (secondary N) is 1. The largest absolute Gasteiger partial charge is 0.495 e. The van der Waals surface area contributed by atoms with Crippen LogP contribution in [0.15, 0.2) is 33.9 Å². The van der Waals surface area contributed by atoms with Crippen molar-refractivity contribution in [1.29, 1.82) is 0 Å². The molecule has 7 heteroatoms. The second kappa shape index (κ2) is 7.44. The average molecular weight is 355 g/mol. The highest BCUT2D eigenvalue weighted by Gasteiger charge is 2.21. The Labute approximate surface area is 141 Å². The summed E-state index contributed by atoms with van der Waals surface area (Å²) in [5.74, 6) is 0.319. The van der Waals surface area contributed by atoms with Crippen LogP contribution in [0, 0.1) is 13.8 Å². The highest BCUT2D eigenvalue weighted by Crippen LogP contribution is 2.27. The summed E-state index contributed by atoms with van der Waals surface area (Å²) in [6.07, 6.45) is -0.367. The molecule has 0 aliphatic heterocycles. The van der Waals surface area contributed by atoms with E-state index in [9.17, 15) is 13.5 Å². The summed E-state index contributed by atoms with van der Waals surface area (Å²) in [4.78, 5) is 0.119. The summed E-state index contributed by atoms with van der Waals surface area (Å²) in [6.45, 7) is 3.91. The van der Waals surface area contributed by atoms with Gasteiger partial charge in [0.15, 0.2) is 0 Å². The predicted molar refractivity (Wildman–Crippen MR) is 91.6 cm³/mol. The van der Waals surface area contributed by atoms with Gasteiger partial charge in [-0.05, 0) is 65.9 Å². The van der Waals surface area contributed by atoms with Gasteiger partial charge in [0.25, 0.3) is 0 Å². The summed E-state index contributed by atoms with van der Waals surface area (Å²) in [5, 5.41) is 13.7. The van der Waals surface area contributed by atoms with Crippen molar-refractivity contribution >= 4 is 21.4 Å². The fourth-order valence-corrected chi connectivity index (χ4v) is 4.16. The maximum absolute atomic E-state index is 12.5. The van der Waals surface area contributed by atoms with Crippen molar-refractivity contribution < 1.29 is 18.3 Å². The smallest absolute Gasteiger partial charge is 0.244 e. The lowest BCUT2D eigenvalue weighted by Gasteiger charge is -2.14. The van der Waals surface area contributed by atoms with E-state index >= 15 is 0 Å². The van der Waals surface area contributed by atoms with E-state index in [0.29, 0.717) is 12.2 Å². The van der Waals surface area contributed by atoms with Gasteiger partial charge in [-0.2, -0.15) is 11.3 Å². The molecule has 23 heavy (non-hydrogen) atoms. The molecule has 2 rings (SSSR count). The fourth-order valence-electron chi connectivity index (χ4n) is 2.17. The third-order valence-electron chi connectivity index (χ3n) is 3.71. The molecule has 1 atom stereocenters. The zero-order valence-corrected chi connectivity index (χ0v) is 15.0. The summed E-state index contributed by atoms with van der Waals surface area (Å²) in [6, 6.07) is 5.14. The highest BCUT2D eigenvalue weighted by atomic mass is 32.2. The van der Waals surface area contributed by atoms with E-state index in [1.54, 1.807) is 12.1 Å². The van der Waals surface area contributed by atoms with E-state index in [-0.39, 0.29) is 11.4 Å². The maximum atomic E-state index is 12.5. The van der Waals surface area contributed by atoms with Crippen LogP contribution < -0.4 is 9.46 Å². The van der Waals surface area contributed by atoms with Crippen LogP contribution in [-0.4, -0.2) is 27.2 Å². The molecule has 0 radical (unpaired) electrons. The van der Waals surface area contributed by atoms with Gasteiger partial charge < -0.3 is 9.84 Å². The van der Waals surface area contributed by atoms with Gasteiger partial charge in [0.2, 0.25) is 10.0 Å². The topological polar surface area (TPSA) is 75.6 Å². The van der Waals surface area contributed by atoms with Crippen molar-refractivity contribution in [2.75, 3.05) is 13.7 Å². The van der Waals surface area contributed by atoms with Gasteiger partial charge in [0.1, 0.15) is 10.6 Å². The standard InChI is InChI=1S/C16H21NO4S2/c1-11-8-15(21-3)16(9-12(11)2)23(19,20)17-6-4-14(18)13-5-7-22-10-13/h5,7-10,14,17-18H,4,6H2,1-3H3/t14-/m1/s1. The molecule has 1 heterocycles. The van der Waals surface area contributed by atoms with Gasteiger partial charge in [-0.15, -0.1) is 0 Å². The molecule has 126 valence electrons. The molecular weight excluding hydrogens is 334 g/mol. The molecule has 0 fully saturated rings. The predicted octanol–water partition coefficient (Wildman–Crippen LogP) is 2.78. The maximum Gasteiger partial charge on any atom is 0.244 e. The third kappa shape index (κ3) is 4.32. The van der Waals surface area contributed by atoms with Crippen LogP contribution in [0.2, 0.25) is 0 Å². The molecule has 0 spiro atoms. The first-order valence-electron chi connectivity index (χ1n) is 7.20. The van der Waals surface area contributed by atoms with Crippen molar-refractivity contribution in [1.82, 2.24) is 4.72 Å². The van der Waals surface area contributed by atoms with Gasteiger partial charge in [-0.25, -0.2) is 13.1 Å². The third-order valence-corrected chi connectivity index (χ3v) is 5.89. The number of sulfonamides is 1. The molecule has 0 amide bonds. The Balaban J connectivity index is 2.09. The minimum Gasteiger partial charge on any atom is -0.495 e. The molecule has 0 unspecified atom stereocenters. The zero-order chi connectivity index (χ0) is 17.0. The fraction of sp³-hybridized carbons (Fsp3) is 0.375. The summed E-state index contributed by atoms with van der Waals surface area (Å²) < 4.78 is 32.7. The van der Waals surface area contributed by atoms with E-state index in [2.05, 4.69) is 4.72 Å². The molecule has 1 aromatic carbocycles. The number of rotatable bonds is 7. The molecule has 0 bridgehead atoms. The Hall–Kier alpha value is -1.41. The molecule has 2 N–H and O–H groups in total. The Kier molecular flexibility index (Phi) is 5.80. The number of ether oxygens (including phenoxy) is 1. The Morgan fingerprint density at radius 3 is 2.61 bits per heavy atom. The van der Waals surface area contributed by atoms with E-state index in [4.69, 9.17) is 4.74 Å². The van der Waals surface area contributed by atoms with Gasteiger partial charge in [-0.1, -0.05) is 0 Å². The zero-order valence-electron chi connectivity index (χ0n) is 13.4. The number of aryl methyl sites for hydroxylation is 2. The summed E-state index contributed by atoms with van der Waals surface area (Å²) in [7, 11) is -2.24. The van der Waals surface area contributed by atoms with Gasteiger partial charge >= 0.3 is 0 Å². The quantitative estimate of drug-likeness (QED) is 0.801. The number of hydrogen-bond acceptors (Lipinski definition) is 5. The van der Waals surface area contributed by atoms with Gasteiger partial charge in [0.05, 0.1) is 13.2 Å². The monoisotopic (exact) mass is 355 g/mol. The van der Waals surface area contributed by atoms with Crippen LogP contribution in [0.4, 0.5) is 0 Å². The van der Waals surface area contributed by atoms with Crippen LogP contribution in [-0.2, 0) is 10.0 Å². The molecule has 5 nitrogen and oxygen atoms in total. The number of hydrogen-bond donors (Lipinski definition) is 2. The van der Waals surface area contributed by atoms with Crippen molar-refractivity contribution in [2.24, 2.45) is 0 Å². The first-order valence-corrected chi connectivity index (χ1v) is 9.63. The molecule has 0 aliphatic carbocycles. The second-order valence-electron chi connectivity index (χ2n) is 5.35. The SMILES string of the molecule is COc1cc(C)c(C)cc1S(=O)(=O)NCC[C@@H](O)c1ccsc1. The summed E-state index contributed by atoms with van der Waals surface area (Å²) in [5.41, 5.74) is 2.65. The van der Waals surface area contributed by atoms with E-state index in [1.807, 2.05) is 30.7 Å². The number of benzene rings is 1. The minimum atomic E-state index is -3.69. The van der Waals surface area contributed by atoms with Gasteiger partial charge in [-0.3, -0.25) is 0 Å². The van der Waals surface area contributed by atoms with Crippen LogP contribution >= 0.6 is 11.3 Å². The van der Waals surface area contributed by atoms with Crippen molar-refractivity contribution in [2.45, 2.75) is 31.3 Å². The Morgan fingerprint density at radius 1 is 1.30 bits per heavy atom. The van der Waals surface area contributed by atoms with E-state index in [1.165, 1.54) is 18.4 Å². The van der Waals surface area contributed by atoms with E-state index < -0.39 is 16.1 Å². The first kappa shape index (κ1) is 17.9. The van der Waals surface area contributed by atoms with Crippen molar-refractivity contribution in [3.63, 3.8) is 0 Å². The summed E-state index contributed by atoms with van der Waals surface area (Å²) >= 11 is 1.50. The number of aliphatic hydroxyl groups excluding tert-OH is 1. The lowest BCUT2D eigenvalue weighted by molar-refractivity contribution is 0.169. The highest BCUT2D eigenvalue weighted by molar-refractivity contribution is 7.89. The molecule has 0 saturated heterocycles. The lowest BCUT2D eigenvalue weighted by Crippen LogP contribution is -2.26. The minimum absolute atomic E-state index is 0.119. The van der Waals surface area contributed by atoms with E-state index in [0.717, 1.165) is 16.7 Å². The van der Waals surface area contributed by atoms with Crippen molar-refractivity contribution in [3.05, 3.63) is 45.6 Å². The lowest BCUT2D eigenvalue weighted by atomic mass is 10.1. The second-order valence-corrected chi connectivity index (χ2v) is 7.86. The molecule has 2 aromatic rings. The van der Waals surface area contributed by atoms with Crippen LogP contribution in [0.25, 0.3) is 0 Å².